The van der Waals surface area contributed by atoms with Gasteiger partial charge in [0.2, 0.25) is 0 Å². The molecule has 1 rings (SSSR count). The highest BCUT2D eigenvalue weighted by atomic mass is 19.1. The predicted octanol–water partition coefficient (Wildman–Crippen LogP) is 2.57. The lowest BCUT2D eigenvalue weighted by molar-refractivity contribution is 0.435. The maximum absolute atomic E-state index is 13.7. The van der Waals surface area contributed by atoms with E-state index in [9.17, 15) is 8.78 Å². The van der Waals surface area contributed by atoms with Gasteiger partial charge in [0.15, 0.2) is 0 Å². The van der Waals surface area contributed by atoms with Crippen molar-refractivity contribution in [2.24, 2.45) is 5.73 Å². The zero-order valence-electron chi connectivity index (χ0n) is 11.3. The number of hydrogen-bond donors (Lipinski definition) is 2. The molecule has 0 bridgehead atoms. The van der Waals surface area contributed by atoms with E-state index in [2.05, 4.69) is 5.32 Å². The van der Waals surface area contributed by atoms with Crippen LogP contribution in [-0.2, 0) is 5.41 Å². The third kappa shape index (κ3) is 4.35. The highest BCUT2D eigenvalue weighted by molar-refractivity contribution is 5.26. The Kier molecular flexibility index (Phi) is 5.23. The second kappa shape index (κ2) is 6.25. The van der Waals surface area contributed by atoms with E-state index in [-0.39, 0.29) is 11.5 Å². The van der Waals surface area contributed by atoms with Crippen molar-refractivity contribution in [3.63, 3.8) is 0 Å². The highest BCUT2D eigenvalue weighted by Gasteiger charge is 2.23. The van der Waals surface area contributed by atoms with Crippen molar-refractivity contribution in [2.75, 3.05) is 13.1 Å². The van der Waals surface area contributed by atoms with Crippen molar-refractivity contribution in [3.8, 4) is 0 Å². The lowest BCUT2D eigenvalue weighted by Gasteiger charge is -2.26. The van der Waals surface area contributed by atoms with Gasteiger partial charge in [-0.15, -0.1) is 0 Å². The van der Waals surface area contributed by atoms with Crippen LogP contribution in [0.25, 0.3) is 0 Å². The smallest absolute Gasteiger partial charge is 0.129 e. The second-order valence-electron chi connectivity index (χ2n) is 5.45. The van der Waals surface area contributed by atoms with E-state index in [1.54, 1.807) is 0 Å². The van der Waals surface area contributed by atoms with Crippen LogP contribution in [0.3, 0.4) is 0 Å². The van der Waals surface area contributed by atoms with Crippen molar-refractivity contribution in [1.29, 1.82) is 0 Å². The molecule has 0 aliphatic rings. The molecule has 0 aromatic heterocycles. The molecule has 1 aromatic carbocycles. The highest BCUT2D eigenvalue weighted by Crippen LogP contribution is 2.25. The minimum atomic E-state index is -0.544. The van der Waals surface area contributed by atoms with E-state index < -0.39 is 11.6 Å². The zero-order valence-corrected chi connectivity index (χ0v) is 11.3. The number of halogens is 2. The van der Waals surface area contributed by atoms with Crippen LogP contribution in [0, 0.1) is 11.6 Å². The number of nitrogens with one attached hydrogen (secondary N) is 1. The minimum Gasteiger partial charge on any atom is -0.328 e. The van der Waals surface area contributed by atoms with E-state index >= 15 is 0 Å². The normalized spacial score (nSPS) is 13.7. The number of benzene rings is 1. The minimum absolute atomic E-state index is 0.156. The molecule has 3 N–H and O–H groups in total. The van der Waals surface area contributed by atoms with Crippen LogP contribution in [0.4, 0.5) is 8.78 Å². The van der Waals surface area contributed by atoms with Gasteiger partial charge in [0.1, 0.15) is 11.6 Å². The zero-order chi connectivity index (χ0) is 13.8. The van der Waals surface area contributed by atoms with Crippen LogP contribution in [0.1, 0.15) is 32.8 Å². The van der Waals surface area contributed by atoms with Gasteiger partial charge in [0.05, 0.1) is 0 Å². The number of nitrogens with two attached hydrogens (primary N) is 1. The maximum Gasteiger partial charge on any atom is 0.129 e. The SMILES string of the molecule is CC(N)CCNCC(C)(C)c1ccc(F)cc1F. The summed E-state index contributed by atoms with van der Waals surface area (Å²) < 4.78 is 26.6. The fourth-order valence-corrected chi connectivity index (χ4v) is 1.86. The fourth-order valence-electron chi connectivity index (χ4n) is 1.86. The van der Waals surface area contributed by atoms with E-state index in [1.807, 2.05) is 20.8 Å². The first-order chi connectivity index (χ1) is 8.33. The van der Waals surface area contributed by atoms with Gasteiger partial charge in [0.25, 0.3) is 0 Å². The average Bonchev–Trinajstić information content (AvgIpc) is 2.23. The lowest BCUT2D eigenvalue weighted by Crippen LogP contribution is -2.35. The van der Waals surface area contributed by atoms with Gasteiger partial charge >= 0.3 is 0 Å². The molecule has 0 aliphatic heterocycles. The largest absolute Gasteiger partial charge is 0.328 e. The van der Waals surface area contributed by atoms with Crippen molar-refractivity contribution >= 4 is 0 Å². The Morgan fingerprint density at radius 3 is 2.56 bits per heavy atom. The van der Waals surface area contributed by atoms with Crippen LogP contribution in [0.5, 0.6) is 0 Å². The summed E-state index contributed by atoms with van der Waals surface area (Å²) in [6, 6.07) is 3.89. The predicted molar refractivity (Wildman–Crippen MR) is 70.5 cm³/mol. The standard InChI is InChI=1S/C14H22F2N2/c1-10(17)6-7-18-9-14(2,3)12-5-4-11(15)8-13(12)16/h4-5,8,10,18H,6-7,9,17H2,1-3H3. The van der Waals surface area contributed by atoms with E-state index in [0.717, 1.165) is 19.0 Å². The molecule has 1 unspecified atom stereocenters. The van der Waals surface area contributed by atoms with Gasteiger partial charge in [-0.1, -0.05) is 19.9 Å². The molecule has 0 saturated carbocycles. The molecule has 0 aliphatic carbocycles. The summed E-state index contributed by atoms with van der Waals surface area (Å²) in [6.07, 6.45) is 0.877. The van der Waals surface area contributed by atoms with Gasteiger partial charge in [-0.05, 0) is 31.5 Å². The summed E-state index contributed by atoms with van der Waals surface area (Å²) in [5, 5.41) is 3.26. The fraction of sp³-hybridized carbons (Fsp3) is 0.571. The van der Waals surface area contributed by atoms with E-state index in [0.29, 0.717) is 12.1 Å². The van der Waals surface area contributed by atoms with Gasteiger partial charge < -0.3 is 11.1 Å². The van der Waals surface area contributed by atoms with E-state index in [1.165, 1.54) is 12.1 Å². The lowest BCUT2D eigenvalue weighted by atomic mass is 9.84. The van der Waals surface area contributed by atoms with Crippen molar-refractivity contribution in [2.45, 2.75) is 38.6 Å². The topological polar surface area (TPSA) is 38.0 Å². The summed E-state index contributed by atoms with van der Waals surface area (Å²) in [4.78, 5) is 0. The molecule has 0 amide bonds. The van der Waals surface area contributed by atoms with Crippen LogP contribution in [0.15, 0.2) is 18.2 Å². The molecule has 1 atom stereocenters. The number of hydrogen-bond acceptors (Lipinski definition) is 2. The quantitative estimate of drug-likeness (QED) is 0.768. The molecule has 0 saturated heterocycles. The summed E-state index contributed by atoms with van der Waals surface area (Å²) in [5.41, 5.74) is 5.80. The second-order valence-corrected chi connectivity index (χ2v) is 5.45. The van der Waals surface area contributed by atoms with Gasteiger partial charge in [0, 0.05) is 24.1 Å². The van der Waals surface area contributed by atoms with Crippen molar-refractivity contribution < 1.29 is 8.78 Å². The molecule has 0 fully saturated rings. The number of rotatable bonds is 6. The summed E-state index contributed by atoms with van der Waals surface area (Å²) in [5.74, 6) is -1.04. The molecule has 1 aromatic rings. The first-order valence-electron chi connectivity index (χ1n) is 6.25. The molecule has 4 heteroatoms. The molecule has 18 heavy (non-hydrogen) atoms. The molecule has 102 valence electrons. The van der Waals surface area contributed by atoms with Crippen molar-refractivity contribution in [1.82, 2.24) is 5.32 Å². The third-order valence-corrected chi connectivity index (χ3v) is 3.00. The molecule has 0 radical (unpaired) electrons. The van der Waals surface area contributed by atoms with Crippen LogP contribution >= 0.6 is 0 Å². The van der Waals surface area contributed by atoms with E-state index in [4.69, 9.17) is 5.73 Å². The monoisotopic (exact) mass is 256 g/mol. The summed E-state index contributed by atoms with van der Waals surface area (Å²) >= 11 is 0. The Morgan fingerprint density at radius 2 is 2.00 bits per heavy atom. The first-order valence-corrected chi connectivity index (χ1v) is 6.25. The average molecular weight is 256 g/mol. The molecule has 2 nitrogen and oxygen atoms in total. The molecular formula is C14H22F2N2. The van der Waals surface area contributed by atoms with Gasteiger partial charge in [-0.25, -0.2) is 8.78 Å². The Morgan fingerprint density at radius 1 is 1.33 bits per heavy atom. The Balaban J connectivity index is 2.62. The third-order valence-electron chi connectivity index (χ3n) is 3.00. The van der Waals surface area contributed by atoms with Crippen LogP contribution < -0.4 is 11.1 Å². The summed E-state index contributed by atoms with van der Waals surface area (Å²) in [6.45, 7) is 7.24. The molecular weight excluding hydrogens is 234 g/mol. The van der Waals surface area contributed by atoms with Crippen LogP contribution in [0.2, 0.25) is 0 Å². The van der Waals surface area contributed by atoms with Crippen LogP contribution in [-0.4, -0.2) is 19.1 Å². The Bertz CT molecular complexity index is 389. The van der Waals surface area contributed by atoms with Gasteiger partial charge in [-0.3, -0.25) is 0 Å². The van der Waals surface area contributed by atoms with Crippen molar-refractivity contribution in [3.05, 3.63) is 35.4 Å². The first kappa shape index (κ1) is 15.1. The molecule has 0 spiro atoms. The maximum atomic E-state index is 13.7. The Hall–Kier alpha value is -1.00. The molecule has 0 heterocycles. The van der Waals surface area contributed by atoms with Gasteiger partial charge in [-0.2, -0.15) is 0 Å². The summed E-state index contributed by atoms with van der Waals surface area (Å²) in [7, 11) is 0. The Labute approximate surface area is 108 Å².